The van der Waals surface area contributed by atoms with Crippen molar-refractivity contribution < 1.29 is 14.5 Å². The second-order valence-corrected chi connectivity index (χ2v) is 7.79. The Labute approximate surface area is 144 Å². The van der Waals surface area contributed by atoms with Gasteiger partial charge in [0.1, 0.15) is 5.54 Å². The Balaban J connectivity index is 1.93. The molecule has 1 unspecified atom stereocenters. The lowest BCUT2D eigenvalue weighted by atomic mass is 9.94. The lowest BCUT2D eigenvalue weighted by molar-refractivity contribution is -0.922. The number of hydrogen-bond donors (Lipinski definition) is 2. The number of para-hydroxylation sites is 2. The number of likely N-dealkylation sites (tertiary alicyclic amines) is 1. The van der Waals surface area contributed by atoms with Crippen LogP contribution in [0, 0.1) is 5.92 Å². The number of amides is 2. The van der Waals surface area contributed by atoms with Crippen molar-refractivity contribution in [2.45, 2.75) is 52.1 Å². The van der Waals surface area contributed by atoms with Crippen LogP contribution in [0.4, 0.5) is 11.4 Å². The standard InChI is InChI=1S/C19H27N3O2/c1-13-8-7-11-21(12-13)14(2)17(23)22-16-10-6-5-9-15(16)20-18(24)19(22,3)4/h5-6,9-10,13-14H,7-8,11-12H2,1-4H3,(H,20,24)/p+1/t13-,14-/m0/s1. The fourth-order valence-corrected chi connectivity index (χ4v) is 3.94. The van der Waals surface area contributed by atoms with Crippen molar-refractivity contribution in [3.8, 4) is 0 Å². The third-order valence-electron chi connectivity index (χ3n) is 5.52. The first-order valence-electron chi connectivity index (χ1n) is 8.91. The minimum atomic E-state index is -0.888. The molecule has 1 aromatic rings. The van der Waals surface area contributed by atoms with E-state index >= 15 is 0 Å². The highest BCUT2D eigenvalue weighted by molar-refractivity contribution is 6.14. The number of piperidine rings is 1. The van der Waals surface area contributed by atoms with Gasteiger partial charge in [-0.25, -0.2) is 0 Å². The third kappa shape index (κ3) is 2.81. The van der Waals surface area contributed by atoms with Crippen molar-refractivity contribution in [2.24, 2.45) is 5.92 Å². The van der Waals surface area contributed by atoms with Gasteiger partial charge in [0, 0.05) is 5.92 Å². The molecular formula is C19H28N3O2+. The van der Waals surface area contributed by atoms with Gasteiger partial charge in [-0.3, -0.25) is 14.5 Å². The predicted octanol–water partition coefficient (Wildman–Crippen LogP) is 1.45. The summed E-state index contributed by atoms with van der Waals surface area (Å²) in [5.41, 5.74) is 0.619. The van der Waals surface area contributed by atoms with E-state index in [-0.39, 0.29) is 17.9 Å². The van der Waals surface area contributed by atoms with Gasteiger partial charge >= 0.3 is 0 Å². The first-order valence-corrected chi connectivity index (χ1v) is 8.91. The Kier molecular flexibility index (Phi) is 4.38. The van der Waals surface area contributed by atoms with Crippen LogP contribution in [-0.2, 0) is 9.59 Å². The van der Waals surface area contributed by atoms with E-state index in [1.165, 1.54) is 11.3 Å². The van der Waals surface area contributed by atoms with Gasteiger partial charge in [-0.15, -0.1) is 0 Å². The maximum Gasteiger partial charge on any atom is 0.285 e. The number of anilines is 2. The average molecular weight is 330 g/mol. The van der Waals surface area contributed by atoms with Crippen LogP contribution in [0.25, 0.3) is 0 Å². The first kappa shape index (κ1) is 17.0. The molecule has 2 aliphatic rings. The second kappa shape index (κ2) is 6.20. The Hall–Kier alpha value is -1.88. The molecule has 5 heteroatoms. The molecule has 130 valence electrons. The van der Waals surface area contributed by atoms with Gasteiger partial charge in [0.15, 0.2) is 6.04 Å². The van der Waals surface area contributed by atoms with Crippen LogP contribution in [0.3, 0.4) is 0 Å². The van der Waals surface area contributed by atoms with Crippen LogP contribution in [0.2, 0.25) is 0 Å². The molecule has 1 saturated heterocycles. The van der Waals surface area contributed by atoms with Gasteiger partial charge in [0.05, 0.1) is 24.5 Å². The summed E-state index contributed by atoms with van der Waals surface area (Å²) in [5.74, 6) is 0.545. The summed E-state index contributed by atoms with van der Waals surface area (Å²) < 4.78 is 0. The number of rotatable bonds is 2. The fraction of sp³-hybridized carbons (Fsp3) is 0.579. The van der Waals surface area contributed by atoms with E-state index in [0.29, 0.717) is 11.6 Å². The van der Waals surface area contributed by atoms with E-state index < -0.39 is 5.54 Å². The van der Waals surface area contributed by atoms with Gasteiger partial charge in [-0.2, -0.15) is 0 Å². The van der Waals surface area contributed by atoms with Crippen LogP contribution in [0.5, 0.6) is 0 Å². The van der Waals surface area contributed by atoms with E-state index in [9.17, 15) is 9.59 Å². The zero-order valence-corrected chi connectivity index (χ0v) is 15.1. The van der Waals surface area contributed by atoms with Gasteiger partial charge < -0.3 is 10.2 Å². The van der Waals surface area contributed by atoms with Crippen molar-refractivity contribution in [2.75, 3.05) is 23.3 Å². The van der Waals surface area contributed by atoms with Gasteiger partial charge in [-0.1, -0.05) is 19.1 Å². The Morgan fingerprint density at radius 1 is 1.38 bits per heavy atom. The quantitative estimate of drug-likeness (QED) is 0.862. The van der Waals surface area contributed by atoms with Crippen LogP contribution < -0.4 is 15.1 Å². The van der Waals surface area contributed by atoms with Crippen molar-refractivity contribution >= 4 is 23.2 Å². The molecule has 0 aromatic heterocycles. The fourth-order valence-electron chi connectivity index (χ4n) is 3.94. The van der Waals surface area contributed by atoms with Crippen molar-refractivity contribution in [3.63, 3.8) is 0 Å². The lowest BCUT2D eigenvalue weighted by Crippen LogP contribution is -3.18. The summed E-state index contributed by atoms with van der Waals surface area (Å²) >= 11 is 0. The van der Waals surface area contributed by atoms with Crippen LogP contribution >= 0.6 is 0 Å². The first-order chi connectivity index (χ1) is 11.3. The predicted molar refractivity (Wildman–Crippen MR) is 95.2 cm³/mol. The number of quaternary nitrogens is 1. The zero-order valence-electron chi connectivity index (χ0n) is 15.1. The van der Waals surface area contributed by atoms with E-state index in [4.69, 9.17) is 0 Å². The summed E-state index contributed by atoms with van der Waals surface area (Å²) in [6.07, 6.45) is 2.40. The van der Waals surface area contributed by atoms with Gasteiger partial charge in [0.2, 0.25) is 5.91 Å². The molecule has 3 atom stereocenters. The zero-order chi connectivity index (χ0) is 17.5. The van der Waals surface area contributed by atoms with Crippen LogP contribution in [0.1, 0.15) is 40.5 Å². The maximum atomic E-state index is 13.4. The molecule has 24 heavy (non-hydrogen) atoms. The number of benzene rings is 1. The molecule has 1 fully saturated rings. The number of nitrogens with one attached hydrogen (secondary N) is 2. The lowest BCUT2D eigenvalue weighted by Gasteiger charge is -2.44. The average Bonchev–Trinajstić information content (AvgIpc) is 2.54. The Morgan fingerprint density at radius 3 is 2.79 bits per heavy atom. The molecular weight excluding hydrogens is 302 g/mol. The number of nitrogens with zero attached hydrogens (tertiary/aromatic N) is 1. The summed E-state index contributed by atoms with van der Waals surface area (Å²) in [5, 5.41) is 2.92. The maximum absolute atomic E-state index is 13.4. The van der Waals surface area contributed by atoms with Crippen molar-refractivity contribution in [1.29, 1.82) is 0 Å². The minimum absolute atomic E-state index is 0.0337. The molecule has 0 aliphatic carbocycles. The van der Waals surface area contributed by atoms with E-state index in [1.54, 1.807) is 4.90 Å². The van der Waals surface area contributed by atoms with Gasteiger partial charge in [0.25, 0.3) is 5.91 Å². The molecule has 5 nitrogen and oxygen atoms in total. The minimum Gasteiger partial charge on any atom is -0.325 e. The summed E-state index contributed by atoms with van der Waals surface area (Å²) in [6.45, 7) is 9.94. The molecule has 0 spiro atoms. The molecule has 2 aliphatic heterocycles. The Morgan fingerprint density at radius 2 is 2.08 bits per heavy atom. The van der Waals surface area contributed by atoms with Crippen LogP contribution in [0.15, 0.2) is 24.3 Å². The smallest absolute Gasteiger partial charge is 0.285 e. The van der Waals surface area contributed by atoms with Crippen molar-refractivity contribution in [1.82, 2.24) is 0 Å². The summed E-state index contributed by atoms with van der Waals surface area (Å²) in [6, 6.07) is 7.40. The number of carbonyl (C=O) groups excluding carboxylic acids is 2. The third-order valence-corrected chi connectivity index (χ3v) is 5.52. The number of carbonyl (C=O) groups is 2. The molecule has 0 bridgehead atoms. The number of fused-ring (bicyclic) bond motifs is 1. The largest absolute Gasteiger partial charge is 0.325 e. The normalized spacial score (nSPS) is 27.2. The van der Waals surface area contributed by atoms with Gasteiger partial charge in [-0.05, 0) is 45.7 Å². The highest BCUT2D eigenvalue weighted by atomic mass is 16.2. The molecule has 0 radical (unpaired) electrons. The molecule has 3 rings (SSSR count). The molecule has 1 aromatic carbocycles. The Bertz CT molecular complexity index is 656. The molecule has 2 amide bonds. The topological polar surface area (TPSA) is 53.9 Å². The molecule has 0 saturated carbocycles. The highest BCUT2D eigenvalue weighted by Gasteiger charge is 2.46. The van der Waals surface area contributed by atoms with E-state index in [0.717, 1.165) is 25.2 Å². The second-order valence-electron chi connectivity index (χ2n) is 7.79. The molecule has 2 N–H and O–H groups in total. The van der Waals surface area contributed by atoms with Crippen molar-refractivity contribution in [3.05, 3.63) is 24.3 Å². The van der Waals surface area contributed by atoms with E-state index in [2.05, 4.69) is 12.2 Å². The van der Waals surface area contributed by atoms with Crippen LogP contribution in [-0.4, -0.2) is 36.5 Å². The monoisotopic (exact) mass is 330 g/mol. The number of hydrogen-bond acceptors (Lipinski definition) is 2. The SMILES string of the molecule is C[C@H]1CCC[NH+]([C@@H](C)C(=O)N2c3ccccc3NC(=O)C2(C)C)C1. The molecule has 2 heterocycles. The highest BCUT2D eigenvalue weighted by Crippen LogP contribution is 2.36. The van der Waals surface area contributed by atoms with E-state index in [1.807, 2.05) is 45.0 Å². The summed E-state index contributed by atoms with van der Waals surface area (Å²) in [7, 11) is 0. The summed E-state index contributed by atoms with van der Waals surface area (Å²) in [4.78, 5) is 28.9.